The summed E-state index contributed by atoms with van der Waals surface area (Å²) in [5, 5.41) is 4.40. The molecule has 0 unspecified atom stereocenters. The highest BCUT2D eigenvalue weighted by molar-refractivity contribution is 7.89. The van der Waals surface area contributed by atoms with Gasteiger partial charge in [0.2, 0.25) is 0 Å². The summed E-state index contributed by atoms with van der Waals surface area (Å²) in [4.78, 5) is 11.8. The number of halogens is 1. The number of nitrogens with zero attached hydrogens (tertiary/aromatic N) is 1. The Morgan fingerprint density at radius 1 is 1.00 bits per heavy atom. The van der Waals surface area contributed by atoms with Gasteiger partial charge in [-0.1, -0.05) is 65.3 Å². The van der Waals surface area contributed by atoms with Crippen LogP contribution in [-0.2, 0) is 20.3 Å². The van der Waals surface area contributed by atoms with E-state index >= 15 is 0 Å². The Kier molecular flexibility index (Phi) is 6.59. The van der Waals surface area contributed by atoms with E-state index in [9.17, 15) is 13.2 Å². The summed E-state index contributed by atoms with van der Waals surface area (Å²) >= 11 is 6.24. The molecular weight excluding hydrogens is 474 g/mol. The standard InChI is InChI=1S/C26H22ClNO5S/c1-16-19(11-12-20(17-7-5-4-6-8-17)22(16)15-34(3,30)31)25-14-24(28-33-25)18-9-10-21(23(27)13-18)26(29)32-2/h4-14H,15H2,1-3H3. The normalized spacial score (nSPS) is 11.4. The molecule has 0 aliphatic carbocycles. The molecule has 1 aromatic heterocycles. The highest BCUT2D eigenvalue weighted by Crippen LogP contribution is 2.36. The van der Waals surface area contributed by atoms with Gasteiger partial charge in [0, 0.05) is 23.4 Å². The Balaban J connectivity index is 1.77. The summed E-state index contributed by atoms with van der Waals surface area (Å²) in [5.74, 6) is -0.123. The zero-order chi connectivity index (χ0) is 24.5. The van der Waals surface area contributed by atoms with E-state index in [-0.39, 0.29) is 16.3 Å². The number of carbonyl (C=O) groups excluding carboxylic acids is 1. The van der Waals surface area contributed by atoms with Crippen LogP contribution in [-0.4, -0.2) is 32.9 Å². The molecule has 4 rings (SSSR count). The van der Waals surface area contributed by atoms with Gasteiger partial charge in [0.1, 0.15) is 5.69 Å². The number of hydrogen-bond acceptors (Lipinski definition) is 6. The average Bonchev–Trinajstić information content (AvgIpc) is 3.29. The fourth-order valence-electron chi connectivity index (χ4n) is 3.85. The molecule has 0 N–H and O–H groups in total. The lowest BCUT2D eigenvalue weighted by Crippen LogP contribution is -2.05. The molecule has 0 spiro atoms. The van der Waals surface area contributed by atoms with Gasteiger partial charge in [0.15, 0.2) is 15.6 Å². The number of benzene rings is 3. The molecule has 0 aliphatic heterocycles. The van der Waals surface area contributed by atoms with Crippen molar-refractivity contribution in [3.05, 3.63) is 88.4 Å². The smallest absolute Gasteiger partial charge is 0.339 e. The monoisotopic (exact) mass is 495 g/mol. The van der Waals surface area contributed by atoms with Crippen LogP contribution >= 0.6 is 11.6 Å². The molecule has 0 fully saturated rings. The number of methoxy groups -OCH3 is 1. The van der Waals surface area contributed by atoms with E-state index < -0.39 is 15.8 Å². The molecule has 0 bridgehead atoms. The first-order valence-corrected chi connectivity index (χ1v) is 12.8. The number of ether oxygens (including phenoxy) is 1. The first-order chi connectivity index (χ1) is 16.2. The van der Waals surface area contributed by atoms with E-state index in [0.29, 0.717) is 17.0 Å². The highest BCUT2D eigenvalue weighted by Gasteiger charge is 2.20. The summed E-state index contributed by atoms with van der Waals surface area (Å²) in [7, 11) is -1.99. The van der Waals surface area contributed by atoms with Gasteiger partial charge < -0.3 is 9.26 Å². The molecule has 174 valence electrons. The molecule has 6 nitrogen and oxygen atoms in total. The van der Waals surface area contributed by atoms with Crippen molar-refractivity contribution in [3.63, 3.8) is 0 Å². The van der Waals surface area contributed by atoms with Crippen LogP contribution in [0.1, 0.15) is 21.5 Å². The van der Waals surface area contributed by atoms with Crippen LogP contribution in [0.2, 0.25) is 5.02 Å². The van der Waals surface area contributed by atoms with Crippen LogP contribution in [0.4, 0.5) is 0 Å². The van der Waals surface area contributed by atoms with Crippen LogP contribution in [0.25, 0.3) is 33.7 Å². The molecule has 0 aliphatic rings. The number of carbonyl (C=O) groups is 1. The van der Waals surface area contributed by atoms with Crippen molar-refractivity contribution in [1.82, 2.24) is 5.16 Å². The van der Waals surface area contributed by atoms with Crippen molar-refractivity contribution >= 4 is 27.4 Å². The molecular formula is C26H22ClNO5S. The number of sulfone groups is 1. The fourth-order valence-corrected chi connectivity index (χ4v) is 5.00. The third kappa shape index (κ3) is 4.90. The first-order valence-electron chi connectivity index (χ1n) is 10.4. The number of esters is 1. The Morgan fingerprint density at radius 3 is 2.35 bits per heavy atom. The third-order valence-corrected chi connectivity index (χ3v) is 6.66. The average molecular weight is 496 g/mol. The minimum Gasteiger partial charge on any atom is -0.465 e. The second-order valence-electron chi connectivity index (χ2n) is 7.96. The molecule has 0 amide bonds. The summed E-state index contributed by atoms with van der Waals surface area (Å²) < 4.78 is 34.8. The topological polar surface area (TPSA) is 86.5 Å². The Morgan fingerprint density at radius 2 is 1.71 bits per heavy atom. The van der Waals surface area contributed by atoms with E-state index in [1.807, 2.05) is 49.4 Å². The Hall–Kier alpha value is -3.42. The second-order valence-corrected chi connectivity index (χ2v) is 10.5. The van der Waals surface area contributed by atoms with Crippen molar-refractivity contribution in [2.45, 2.75) is 12.7 Å². The minimum absolute atomic E-state index is 0.0947. The zero-order valence-corrected chi connectivity index (χ0v) is 20.4. The van der Waals surface area contributed by atoms with Gasteiger partial charge in [-0.05, 0) is 41.3 Å². The summed E-state index contributed by atoms with van der Waals surface area (Å²) in [5.41, 5.74) is 5.52. The van der Waals surface area contributed by atoms with Crippen molar-refractivity contribution in [2.75, 3.05) is 13.4 Å². The van der Waals surface area contributed by atoms with E-state index in [1.165, 1.54) is 13.4 Å². The van der Waals surface area contributed by atoms with Crippen LogP contribution in [0.15, 0.2) is 71.3 Å². The molecule has 1 heterocycles. The molecule has 8 heteroatoms. The molecule has 3 aromatic carbocycles. The fraction of sp³-hybridized carbons (Fsp3) is 0.154. The van der Waals surface area contributed by atoms with E-state index in [4.69, 9.17) is 20.9 Å². The summed E-state index contributed by atoms with van der Waals surface area (Å²) in [6.07, 6.45) is 1.22. The lowest BCUT2D eigenvalue weighted by Gasteiger charge is -2.15. The lowest BCUT2D eigenvalue weighted by atomic mass is 9.92. The molecule has 4 aromatic rings. The van der Waals surface area contributed by atoms with Crippen molar-refractivity contribution < 1.29 is 22.5 Å². The van der Waals surface area contributed by atoms with Gasteiger partial charge >= 0.3 is 5.97 Å². The van der Waals surface area contributed by atoms with Crippen LogP contribution < -0.4 is 0 Å². The predicted octanol–water partition coefficient (Wildman–Crippen LogP) is 5.97. The van der Waals surface area contributed by atoms with Crippen molar-refractivity contribution in [1.29, 1.82) is 0 Å². The van der Waals surface area contributed by atoms with Gasteiger partial charge in [-0.25, -0.2) is 13.2 Å². The quantitative estimate of drug-likeness (QED) is 0.306. The maximum Gasteiger partial charge on any atom is 0.339 e. The van der Waals surface area contributed by atoms with Gasteiger partial charge in [-0.15, -0.1) is 0 Å². The Labute approximate surface area is 203 Å². The third-order valence-electron chi connectivity index (χ3n) is 5.54. The summed E-state index contributed by atoms with van der Waals surface area (Å²) in [6, 6.07) is 20.1. The van der Waals surface area contributed by atoms with Crippen molar-refractivity contribution in [2.24, 2.45) is 0 Å². The van der Waals surface area contributed by atoms with Gasteiger partial charge in [0.05, 0.1) is 23.4 Å². The largest absolute Gasteiger partial charge is 0.465 e. The van der Waals surface area contributed by atoms with Crippen LogP contribution in [0, 0.1) is 6.92 Å². The van der Waals surface area contributed by atoms with E-state index in [0.717, 1.165) is 27.8 Å². The minimum atomic E-state index is -3.28. The van der Waals surface area contributed by atoms with Crippen LogP contribution in [0.3, 0.4) is 0 Å². The zero-order valence-electron chi connectivity index (χ0n) is 18.8. The van der Waals surface area contributed by atoms with Gasteiger partial charge in [0.25, 0.3) is 0 Å². The van der Waals surface area contributed by atoms with Gasteiger partial charge in [-0.3, -0.25) is 0 Å². The predicted molar refractivity (Wildman–Crippen MR) is 132 cm³/mol. The molecule has 34 heavy (non-hydrogen) atoms. The molecule has 0 saturated carbocycles. The maximum atomic E-state index is 12.2. The molecule has 0 saturated heterocycles. The Bertz CT molecular complexity index is 1480. The first kappa shape index (κ1) is 23.7. The van der Waals surface area contributed by atoms with Crippen molar-refractivity contribution in [3.8, 4) is 33.7 Å². The summed E-state index contributed by atoms with van der Waals surface area (Å²) in [6.45, 7) is 1.88. The number of aromatic nitrogens is 1. The molecule has 0 atom stereocenters. The molecule has 0 radical (unpaired) electrons. The van der Waals surface area contributed by atoms with Crippen LogP contribution in [0.5, 0.6) is 0 Å². The number of hydrogen-bond donors (Lipinski definition) is 0. The SMILES string of the molecule is COC(=O)c1ccc(-c2cc(-c3ccc(-c4ccccc4)c(CS(C)(=O)=O)c3C)on2)cc1Cl. The van der Waals surface area contributed by atoms with Gasteiger partial charge in [-0.2, -0.15) is 0 Å². The number of rotatable bonds is 6. The second kappa shape index (κ2) is 9.44. The maximum absolute atomic E-state index is 12.2. The van der Waals surface area contributed by atoms with E-state index in [2.05, 4.69) is 5.16 Å². The lowest BCUT2D eigenvalue weighted by molar-refractivity contribution is 0.0601. The highest BCUT2D eigenvalue weighted by atomic mass is 35.5. The van der Waals surface area contributed by atoms with E-state index in [1.54, 1.807) is 24.3 Å².